The van der Waals surface area contributed by atoms with Crippen LogP contribution < -0.4 is 0 Å². The van der Waals surface area contributed by atoms with Crippen LogP contribution in [-0.2, 0) is 4.74 Å². The van der Waals surface area contributed by atoms with Crippen molar-refractivity contribution < 1.29 is 4.74 Å². The van der Waals surface area contributed by atoms with E-state index in [9.17, 15) is 0 Å². The van der Waals surface area contributed by atoms with Crippen LogP contribution in [0.25, 0.3) is 0 Å². The Labute approximate surface area is 106 Å². The van der Waals surface area contributed by atoms with Crippen LogP contribution in [-0.4, -0.2) is 36.0 Å². The first kappa shape index (κ1) is 14.5. The van der Waals surface area contributed by atoms with Gasteiger partial charge in [-0.25, -0.2) is 0 Å². The summed E-state index contributed by atoms with van der Waals surface area (Å²) in [5.74, 6) is 1.38. The van der Waals surface area contributed by atoms with Crippen molar-refractivity contribution in [3.8, 4) is 0 Å². The first-order valence-electron chi connectivity index (χ1n) is 7.07. The maximum atomic E-state index is 8.48. The molecule has 0 saturated heterocycles. The summed E-state index contributed by atoms with van der Waals surface area (Å²) in [4.78, 5) is 2.13. The Kier molecular flexibility index (Phi) is 5.44. The third-order valence-corrected chi connectivity index (χ3v) is 3.89. The van der Waals surface area contributed by atoms with Crippen molar-refractivity contribution in [2.24, 2.45) is 5.92 Å². The fourth-order valence-corrected chi connectivity index (χ4v) is 3.02. The van der Waals surface area contributed by atoms with E-state index in [2.05, 4.69) is 25.7 Å². The summed E-state index contributed by atoms with van der Waals surface area (Å²) in [6.45, 7) is 11.1. The minimum Gasteiger partial charge on any atom is -0.367 e. The summed E-state index contributed by atoms with van der Waals surface area (Å²) in [7, 11) is 0. The Hall–Kier alpha value is -0.570. The lowest BCUT2D eigenvalue weighted by Gasteiger charge is -2.43. The van der Waals surface area contributed by atoms with Crippen molar-refractivity contribution >= 4 is 5.84 Å². The van der Waals surface area contributed by atoms with Crippen LogP contribution in [0.4, 0.5) is 0 Å². The highest BCUT2D eigenvalue weighted by Gasteiger charge is 2.41. The van der Waals surface area contributed by atoms with Gasteiger partial charge in [0, 0.05) is 19.7 Å². The van der Waals surface area contributed by atoms with Crippen LogP contribution in [0, 0.1) is 11.3 Å². The predicted molar refractivity (Wildman–Crippen MR) is 72.6 cm³/mol. The fraction of sp³-hybridized carbons (Fsp3) is 0.929. The zero-order valence-corrected chi connectivity index (χ0v) is 11.9. The third-order valence-electron chi connectivity index (χ3n) is 3.89. The molecule has 0 heterocycles. The van der Waals surface area contributed by atoms with Crippen molar-refractivity contribution in [3.05, 3.63) is 0 Å². The average molecular weight is 240 g/mol. The van der Waals surface area contributed by atoms with Gasteiger partial charge in [-0.15, -0.1) is 0 Å². The minimum absolute atomic E-state index is 0.307. The van der Waals surface area contributed by atoms with Crippen LogP contribution in [0.1, 0.15) is 53.4 Å². The van der Waals surface area contributed by atoms with E-state index >= 15 is 0 Å². The molecule has 0 bridgehead atoms. The molecule has 0 aromatic heterocycles. The van der Waals surface area contributed by atoms with E-state index in [-0.39, 0.29) is 5.60 Å². The summed E-state index contributed by atoms with van der Waals surface area (Å²) in [5.41, 5.74) is -0.307. The highest BCUT2D eigenvalue weighted by molar-refractivity contribution is 5.88. The maximum Gasteiger partial charge on any atom is 0.129 e. The van der Waals surface area contributed by atoms with Crippen molar-refractivity contribution in [1.29, 1.82) is 5.41 Å². The minimum atomic E-state index is -0.307. The van der Waals surface area contributed by atoms with Crippen LogP contribution in [0.2, 0.25) is 0 Å². The van der Waals surface area contributed by atoms with E-state index < -0.39 is 0 Å². The van der Waals surface area contributed by atoms with Gasteiger partial charge in [-0.1, -0.05) is 13.3 Å². The molecular weight excluding hydrogens is 212 g/mol. The standard InChI is InChI=1S/C14H28N2O/c1-5-16(6-2)13(15)14(17-7-3)10-8-9-12(4)11-14/h12,15H,5-11H2,1-4H3. The van der Waals surface area contributed by atoms with E-state index in [1.807, 2.05) is 6.92 Å². The Morgan fingerprint density at radius 1 is 1.35 bits per heavy atom. The molecule has 1 saturated carbocycles. The number of rotatable bonds is 5. The van der Waals surface area contributed by atoms with Gasteiger partial charge in [-0.2, -0.15) is 0 Å². The van der Waals surface area contributed by atoms with Gasteiger partial charge in [0.1, 0.15) is 11.4 Å². The number of hydrogen-bond acceptors (Lipinski definition) is 2. The Balaban J connectivity index is 2.85. The second kappa shape index (κ2) is 6.39. The molecule has 0 aromatic carbocycles. The first-order chi connectivity index (χ1) is 8.09. The van der Waals surface area contributed by atoms with Gasteiger partial charge < -0.3 is 9.64 Å². The van der Waals surface area contributed by atoms with Gasteiger partial charge in [0.15, 0.2) is 0 Å². The number of hydrogen-bond donors (Lipinski definition) is 1. The highest BCUT2D eigenvalue weighted by Crippen LogP contribution is 2.36. The first-order valence-corrected chi connectivity index (χ1v) is 7.07. The summed E-state index contributed by atoms with van der Waals surface area (Å²) < 4.78 is 6.02. The molecule has 3 heteroatoms. The van der Waals surface area contributed by atoms with E-state index in [4.69, 9.17) is 10.1 Å². The fourth-order valence-electron chi connectivity index (χ4n) is 3.02. The molecule has 2 unspecified atom stereocenters. The zero-order chi connectivity index (χ0) is 12.9. The molecule has 0 spiro atoms. The Bertz CT molecular complexity index is 247. The molecule has 0 amide bonds. The molecule has 1 rings (SSSR count). The van der Waals surface area contributed by atoms with Gasteiger partial charge in [0.05, 0.1) is 0 Å². The molecule has 0 aromatic rings. The van der Waals surface area contributed by atoms with Gasteiger partial charge >= 0.3 is 0 Å². The molecule has 1 N–H and O–H groups in total. The summed E-state index contributed by atoms with van der Waals surface area (Å²) in [5, 5.41) is 8.48. The molecule has 100 valence electrons. The monoisotopic (exact) mass is 240 g/mol. The van der Waals surface area contributed by atoms with Crippen LogP contribution in [0.3, 0.4) is 0 Å². The van der Waals surface area contributed by atoms with Gasteiger partial charge in [0.25, 0.3) is 0 Å². The molecule has 1 aliphatic carbocycles. The largest absolute Gasteiger partial charge is 0.367 e. The molecule has 2 atom stereocenters. The van der Waals surface area contributed by atoms with Crippen molar-refractivity contribution in [2.45, 2.75) is 59.0 Å². The lowest BCUT2D eigenvalue weighted by atomic mass is 9.77. The summed E-state index contributed by atoms with van der Waals surface area (Å²) in [6.07, 6.45) is 4.49. The topological polar surface area (TPSA) is 36.3 Å². The van der Waals surface area contributed by atoms with E-state index in [1.54, 1.807) is 0 Å². The summed E-state index contributed by atoms with van der Waals surface area (Å²) >= 11 is 0. The van der Waals surface area contributed by atoms with Crippen LogP contribution >= 0.6 is 0 Å². The van der Waals surface area contributed by atoms with Gasteiger partial charge in [-0.05, 0) is 46.0 Å². The lowest BCUT2D eigenvalue weighted by Crippen LogP contribution is -2.52. The van der Waals surface area contributed by atoms with Gasteiger partial charge in [0.2, 0.25) is 0 Å². The van der Waals surface area contributed by atoms with Crippen molar-refractivity contribution in [3.63, 3.8) is 0 Å². The smallest absolute Gasteiger partial charge is 0.129 e. The SMILES string of the molecule is CCOC1(C(=N)N(CC)CC)CCCC(C)C1. The molecule has 17 heavy (non-hydrogen) atoms. The number of likely N-dealkylation sites (N-methyl/N-ethyl adjacent to an activating group) is 1. The normalized spacial score (nSPS) is 29.1. The van der Waals surface area contributed by atoms with Crippen molar-refractivity contribution in [1.82, 2.24) is 4.90 Å². The second-order valence-corrected chi connectivity index (χ2v) is 5.15. The van der Waals surface area contributed by atoms with Crippen LogP contribution in [0.15, 0.2) is 0 Å². The molecular formula is C14H28N2O. The Morgan fingerprint density at radius 2 is 2.00 bits per heavy atom. The van der Waals surface area contributed by atoms with E-state index in [0.717, 1.165) is 25.9 Å². The van der Waals surface area contributed by atoms with E-state index in [1.165, 1.54) is 12.8 Å². The average Bonchev–Trinajstić information content (AvgIpc) is 2.31. The molecule has 3 nitrogen and oxygen atoms in total. The lowest BCUT2D eigenvalue weighted by molar-refractivity contribution is -0.0322. The molecule has 0 aliphatic heterocycles. The molecule has 1 fully saturated rings. The Morgan fingerprint density at radius 3 is 2.47 bits per heavy atom. The number of nitrogens with zero attached hydrogens (tertiary/aromatic N) is 1. The maximum absolute atomic E-state index is 8.48. The highest BCUT2D eigenvalue weighted by atomic mass is 16.5. The number of amidine groups is 1. The zero-order valence-electron chi connectivity index (χ0n) is 11.9. The molecule has 1 aliphatic rings. The quantitative estimate of drug-likeness (QED) is 0.591. The second-order valence-electron chi connectivity index (χ2n) is 5.15. The predicted octanol–water partition coefficient (Wildman–Crippen LogP) is 3.29. The summed E-state index contributed by atoms with van der Waals surface area (Å²) in [6, 6.07) is 0. The van der Waals surface area contributed by atoms with E-state index in [0.29, 0.717) is 18.4 Å². The van der Waals surface area contributed by atoms with Gasteiger partial charge in [-0.3, -0.25) is 5.41 Å². The van der Waals surface area contributed by atoms with Crippen LogP contribution in [0.5, 0.6) is 0 Å². The number of ether oxygens (including phenoxy) is 1. The number of nitrogens with one attached hydrogen (secondary N) is 1. The molecule has 0 radical (unpaired) electrons. The van der Waals surface area contributed by atoms with Crippen molar-refractivity contribution in [2.75, 3.05) is 19.7 Å². The third kappa shape index (κ3) is 3.21.